The number of allylic oxidation sites excluding steroid dienone is 3. The first-order valence-electron chi connectivity index (χ1n) is 18.5. The summed E-state index contributed by atoms with van der Waals surface area (Å²) >= 11 is 12.6. The molecule has 3 aliphatic carbocycles. The average Bonchev–Trinajstić information content (AvgIpc) is 3.56. The highest BCUT2D eigenvalue weighted by Gasteiger charge is 2.70. The van der Waals surface area contributed by atoms with E-state index in [9.17, 15) is 32.7 Å². The molecule has 3 heterocycles. The molecule has 0 bridgehead atoms. The van der Waals surface area contributed by atoms with Gasteiger partial charge < -0.3 is 9.84 Å². The van der Waals surface area contributed by atoms with E-state index in [2.05, 4.69) is 10.4 Å². The molecule has 6 unspecified atom stereocenters. The normalized spacial score (nSPS) is 28.0. The molecule has 4 amide bonds. The number of fused-ring (bicyclic) bond motifs is 4. The van der Waals surface area contributed by atoms with Crippen molar-refractivity contribution in [2.24, 2.45) is 29.6 Å². The molecular formula is C41H37Cl2F3N4O6. The maximum Gasteiger partial charge on any atom is 0.417 e. The fourth-order valence-electron chi connectivity index (χ4n) is 9.76. The minimum Gasteiger partial charge on any atom is -0.504 e. The Morgan fingerprint density at radius 2 is 1.70 bits per heavy atom. The number of hydrogen-bond donors (Lipinski definition) is 2. The Kier molecular flexibility index (Phi) is 9.67. The minimum absolute atomic E-state index is 0.0292. The molecule has 56 heavy (non-hydrogen) atoms. The number of likely N-dealkylation sites (tertiary alicyclic amines) is 1. The largest absolute Gasteiger partial charge is 0.504 e. The first-order valence-corrected chi connectivity index (χ1v) is 19.3. The van der Waals surface area contributed by atoms with E-state index < -0.39 is 63.6 Å². The van der Waals surface area contributed by atoms with E-state index in [1.54, 1.807) is 48.6 Å². The molecule has 4 fully saturated rings. The quantitative estimate of drug-likeness (QED) is 0.182. The molecule has 0 radical (unpaired) electrons. The number of benzene rings is 2. The number of alkyl halides is 3. The average molecular weight is 810 g/mol. The maximum absolute atomic E-state index is 15.3. The van der Waals surface area contributed by atoms with Crippen LogP contribution >= 0.6 is 23.2 Å². The molecule has 292 valence electrons. The number of methoxy groups -OCH3 is 1. The molecule has 15 heteroatoms. The number of amides is 4. The van der Waals surface area contributed by atoms with Crippen molar-refractivity contribution in [1.82, 2.24) is 14.9 Å². The number of pyridine rings is 1. The van der Waals surface area contributed by atoms with Gasteiger partial charge in [-0.1, -0.05) is 84.5 Å². The van der Waals surface area contributed by atoms with Crippen molar-refractivity contribution in [2.75, 3.05) is 12.5 Å². The molecule has 8 rings (SSSR count). The first kappa shape index (κ1) is 38.0. The van der Waals surface area contributed by atoms with Gasteiger partial charge in [-0.15, -0.1) is 0 Å². The number of nitrogens with one attached hydrogen (secondary N) is 1. The Hall–Kier alpha value is -4.88. The van der Waals surface area contributed by atoms with E-state index in [-0.39, 0.29) is 48.0 Å². The lowest BCUT2D eigenvalue weighted by Crippen LogP contribution is -2.54. The zero-order chi connectivity index (χ0) is 39.7. The van der Waals surface area contributed by atoms with Gasteiger partial charge in [0.1, 0.15) is 0 Å². The van der Waals surface area contributed by atoms with E-state index in [0.717, 1.165) is 42.7 Å². The molecule has 6 atom stereocenters. The van der Waals surface area contributed by atoms with Crippen molar-refractivity contribution in [3.8, 4) is 11.5 Å². The first-order chi connectivity index (χ1) is 26.7. The molecule has 5 aliphatic rings. The zero-order valence-electron chi connectivity index (χ0n) is 30.1. The summed E-state index contributed by atoms with van der Waals surface area (Å²) in [5, 5.41) is 11.0. The number of aromatic nitrogens is 1. The van der Waals surface area contributed by atoms with Crippen LogP contribution in [0.1, 0.15) is 61.6 Å². The van der Waals surface area contributed by atoms with Crippen LogP contribution in [0.25, 0.3) is 6.08 Å². The highest BCUT2D eigenvalue weighted by Crippen LogP contribution is 2.62. The van der Waals surface area contributed by atoms with Crippen LogP contribution in [-0.2, 0) is 30.8 Å². The number of phenols is 1. The predicted octanol–water partition coefficient (Wildman–Crippen LogP) is 7.98. The van der Waals surface area contributed by atoms with Gasteiger partial charge in [-0.2, -0.15) is 18.2 Å². The van der Waals surface area contributed by atoms with E-state index in [1.807, 2.05) is 6.08 Å². The summed E-state index contributed by atoms with van der Waals surface area (Å²) in [6.45, 7) is 0. The van der Waals surface area contributed by atoms with Crippen molar-refractivity contribution >= 4 is 58.7 Å². The third kappa shape index (κ3) is 6.05. The number of hydrazine groups is 1. The van der Waals surface area contributed by atoms with Crippen LogP contribution in [0.4, 0.5) is 19.0 Å². The van der Waals surface area contributed by atoms with E-state index in [4.69, 9.17) is 27.9 Å². The lowest BCUT2D eigenvalue weighted by Gasteiger charge is -2.49. The highest BCUT2D eigenvalue weighted by atomic mass is 35.5. The minimum atomic E-state index is -4.74. The number of hydrogen-bond acceptors (Lipinski definition) is 8. The van der Waals surface area contributed by atoms with Crippen molar-refractivity contribution < 1.29 is 42.2 Å². The number of halogens is 5. The van der Waals surface area contributed by atoms with Crippen LogP contribution in [0.15, 0.2) is 72.5 Å². The molecule has 2 N–H and O–H groups in total. The van der Waals surface area contributed by atoms with Gasteiger partial charge in [0, 0.05) is 23.2 Å². The van der Waals surface area contributed by atoms with Gasteiger partial charge in [-0.05, 0) is 73.1 Å². The number of carbonyl (C=O) groups is 4. The van der Waals surface area contributed by atoms with Crippen LogP contribution in [0, 0.1) is 29.6 Å². The number of carbonyl (C=O) groups excluding carboxylic acids is 4. The van der Waals surface area contributed by atoms with Gasteiger partial charge in [0.15, 0.2) is 17.3 Å². The number of nitrogens with zero attached hydrogens (tertiary/aromatic N) is 3. The van der Waals surface area contributed by atoms with Crippen molar-refractivity contribution in [1.29, 1.82) is 0 Å². The number of phenolic OH excluding ortho intramolecular Hbond substituents is 1. The third-order valence-electron chi connectivity index (χ3n) is 12.3. The fraction of sp³-hybridized carbons (Fsp3) is 0.390. The van der Waals surface area contributed by atoms with Crippen molar-refractivity contribution in [3.05, 3.63) is 99.2 Å². The Balaban J connectivity index is 1.28. The zero-order valence-corrected chi connectivity index (χ0v) is 31.6. The second-order valence-corrected chi connectivity index (χ2v) is 15.9. The lowest BCUT2D eigenvalue weighted by atomic mass is 9.50. The second kappa shape index (κ2) is 14.3. The molecular weight excluding hydrogens is 772 g/mol. The summed E-state index contributed by atoms with van der Waals surface area (Å²) in [4.78, 5) is 63.9. The van der Waals surface area contributed by atoms with Gasteiger partial charge in [0.05, 0.1) is 40.9 Å². The standard InChI is InChI=1S/C41H37Cl2F3N4O6/c1-56-33-17-21(8-16-32(33)51)7-15-29-26-13-14-27-34(38(54)49(36(27)52)25-5-3-2-4-6-25)28(26)19-30-37(53)50(39(55)40(29,30)22-9-11-24(42)12-10-22)48-35-31(43)18-23(20-47-35)41(44,45)46/h7-13,15-18,20,25,27-30,34,51H,2-6,14,19H2,1H3,(H,47,48). The third-order valence-corrected chi connectivity index (χ3v) is 12.8. The van der Waals surface area contributed by atoms with Gasteiger partial charge in [-0.3, -0.25) is 29.5 Å². The van der Waals surface area contributed by atoms with Gasteiger partial charge >= 0.3 is 6.18 Å². The van der Waals surface area contributed by atoms with Crippen LogP contribution in [0.3, 0.4) is 0 Å². The monoisotopic (exact) mass is 808 g/mol. The molecule has 2 aliphatic heterocycles. The Morgan fingerprint density at radius 1 is 0.964 bits per heavy atom. The maximum atomic E-state index is 15.3. The van der Waals surface area contributed by atoms with Crippen LogP contribution in [0.5, 0.6) is 11.5 Å². The van der Waals surface area contributed by atoms with E-state index in [0.29, 0.717) is 28.4 Å². The summed E-state index contributed by atoms with van der Waals surface area (Å²) in [6, 6.07) is 11.7. The Bertz CT molecular complexity index is 2190. The second-order valence-electron chi connectivity index (χ2n) is 15.1. The Morgan fingerprint density at radius 3 is 2.38 bits per heavy atom. The number of aromatic hydroxyl groups is 1. The highest BCUT2D eigenvalue weighted by molar-refractivity contribution is 6.33. The van der Waals surface area contributed by atoms with Gasteiger partial charge in [-0.25, -0.2) is 4.98 Å². The topological polar surface area (TPSA) is 129 Å². The predicted molar refractivity (Wildman–Crippen MR) is 200 cm³/mol. The molecule has 2 aromatic carbocycles. The summed E-state index contributed by atoms with van der Waals surface area (Å²) in [6.07, 6.45) is 5.93. The van der Waals surface area contributed by atoms with E-state index >= 15 is 4.79 Å². The number of rotatable bonds is 7. The number of imide groups is 2. The summed E-state index contributed by atoms with van der Waals surface area (Å²) in [5.41, 5.74) is 1.63. The van der Waals surface area contributed by atoms with Crippen molar-refractivity contribution in [3.63, 3.8) is 0 Å². The number of anilines is 1. The van der Waals surface area contributed by atoms with Crippen LogP contribution in [0.2, 0.25) is 10.0 Å². The smallest absolute Gasteiger partial charge is 0.417 e. The fourth-order valence-corrected chi connectivity index (χ4v) is 10.1. The van der Waals surface area contributed by atoms with Gasteiger partial charge in [0.25, 0.3) is 11.8 Å². The Labute approximate surface area is 330 Å². The lowest BCUT2D eigenvalue weighted by molar-refractivity contribution is -0.144. The molecule has 2 saturated carbocycles. The van der Waals surface area contributed by atoms with Crippen LogP contribution in [-0.4, -0.2) is 56.8 Å². The molecule has 10 nitrogen and oxygen atoms in total. The number of ether oxygens (including phenoxy) is 1. The van der Waals surface area contributed by atoms with Gasteiger partial charge in [0.2, 0.25) is 11.8 Å². The summed E-state index contributed by atoms with van der Waals surface area (Å²) < 4.78 is 45.8. The SMILES string of the molecule is COc1cc(C=CC2C3=CCC4C(=O)N(C5CCCCC5)C(=O)C4C3CC3C(=O)N(Nc4ncc(C(F)(F)F)cc4Cl)C(=O)C23c2ccc(Cl)cc2)ccc1O. The molecule has 3 aromatic rings. The molecule has 0 spiro atoms. The summed E-state index contributed by atoms with van der Waals surface area (Å²) in [7, 11) is 1.41. The molecule has 2 saturated heterocycles. The summed E-state index contributed by atoms with van der Waals surface area (Å²) in [5.74, 6) is -6.07. The van der Waals surface area contributed by atoms with Crippen molar-refractivity contribution in [2.45, 2.75) is 62.6 Å². The van der Waals surface area contributed by atoms with Crippen LogP contribution < -0.4 is 10.2 Å². The van der Waals surface area contributed by atoms with E-state index in [1.165, 1.54) is 18.1 Å². The molecule has 1 aromatic heterocycles.